The van der Waals surface area contributed by atoms with Gasteiger partial charge in [-0.1, -0.05) is 24.6 Å². The summed E-state index contributed by atoms with van der Waals surface area (Å²) >= 11 is 6.01. The molecule has 0 bridgehead atoms. The highest BCUT2D eigenvalue weighted by atomic mass is 35.5. The van der Waals surface area contributed by atoms with Crippen molar-refractivity contribution in [3.63, 3.8) is 0 Å². The van der Waals surface area contributed by atoms with Crippen LogP contribution in [0.5, 0.6) is 0 Å². The van der Waals surface area contributed by atoms with Crippen molar-refractivity contribution in [3.8, 4) is 0 Å². The van der Waals surface area contributed by atoms with Crippen LogP contribution >= 0.6 is 11.6 Å². The van der Waals surface area contributed by atoms with Crippen molar-refractivity contribution in [1.82, 2.24) is 13.7 Å². The highest BCUT2D eigenvalue weighted by Gasteiger charge is 2.27. The first kappa shape index (κ1) is 24.9. The van der Waals surface area contributed by atoms with Crippen LogP contribution in [0.3, 0.4) is 0 Å². The van der Waals surface area contributed by atoms with Crippen LogP contribution in [0.4, 0.5) is 5.69 Å². The Balaban J connectivity index is 1.52. The maximum Gasteiger partial charge on any atom is 0.279 e. The number of fused-ring (bicyclic) bond motifs is 1. The van der Waals surface area contributed by atoms with Gasteiger partial charge in [0.15, 0.2) is 0 Å². The summed E-state index contributed by atoms with van der Waals surface area (Å²) in [7, 11) is -3.60. The van der Waals surface area contributed by atoms with Crippen LogP contribution in [-0.2, 0) is 33.2 Å². The first-order valence-corrected chi connectivity index (χ1v) is 13.6. The molecule has 0 spiro atoms. The number of nitrogens with zero attached hydrogens (tertiary/aromatic N) is 2. The Morgan fingerprint density at radius 3 is 2.31 bits per heavy atom. The molecule has 0 aliphatic carbocycles. The Bertz CT molecular complexity index is 1150. The molecule has 3 rings (SSSR count). The fourth-order valence-corrected chi connectivity index (χ4v) is 6.05. The number of benzene rings is 2. The first-order chi connectivity index (χ1) is 15.0. The van der Waals surface area contributed by atoms with Crippen LogP contribution in [0.1, 0.15) is 18.1 Å². The molecule has 176 valence electrons. The average Bonchev–Trinajstić information content (AvgIpc) is 2.76. The largest absolute Gasteiger partial charge is 0.378 e. The second kappa shape index (κ2) is 10.1. The monoisotopic (exact) mass is 500 g/mol. The normalized spacial score (nSPS) is 15.9. The van der Waals surface area contributed by atoms with Crippen LogP contribution in [0, 0.1) is 5.92 Å². The zero-order valence-corrected chi connectivity index (χ0v) is 20.8. The van der Waals surface area contributed by atoms with Gasteiger partial charge in [-0.05, 0) is 59.9 Å². The van der Waals surface area contributed by atoms with Gasteiger partial charge in [0.25, 0.3) is 10.2 Å². The Morgan fingerprint density at radius 1 is 1.00 bits per heavy atom. The summed E-state index contributed by atoms with van der Waals surface area (Å²) in [6, 6.07) is 12.0. The van der Waals surface area contributed by atoms with Crippen LogP contribution in [0.25, 0.3) is 0 Å². The molecule has 8 nitrogen and oxygen atoms in total. The van der Waals surface area contributed by atoms with Gasteiger partial charge in [0.1, 0.15) is 0 Å². The molecule has 0 saturated heterocycles. The van der Waals surface area contributed by atoms with Crippen LogP contribution in [-0.4, -0.2) is 54.9 Å². The maximum absolute atomic E-state index is 12.7. The molecule has 32 heavy (non-hydrogen) atoms. The highest BCUT2D eigenvalue weighted by molar-refractivity contribution is 7.89. The fraction of sp³-hybridized carbons (Fsp3) is 0.429. The Kier molecular flexibility index (Phi) is 7.85. The molecule has 1 heterocycles. The van der Waals surface area contributed by atoms with Gasteiger partial charge in [-0.25, -0.2) is 17.9 Å². The SMILES string of the molecule is C[C@H](CNS(=O)(=O)c1ccc(N(C)C)cc1)CNS(=O)(=O)N1CCc2cc(Cl)ccc2C1. The number of hydrogen-bond donors (Lipinski definition) is 2. The van der Waals surface area contributed by atoms with E-state index in [2.05, 4.69) is 9.44 Å². The van der Waals surface area contributed by atoms with E-state index in [1.807, 2.05) is 31.1 Å². The van der Waals surface area contributed by atoms with Crippen molar-refractivity contribution in [2.45, 2.75) is 24.8 Å². The molecule has 2 aromatic carbocycles. The number of rotatable bonds is 9. The molecular formula is C21H29ClN4O4S2. The molecule has 0 fully saturated rings. The molecule has 1 atom stereocenters. The number of anilines is 1. The van der Waals surface area contributed by atoms with Crippen molar-refractivity contribution in [1.29, 1.82) is 0 Å². The van der Waals surface area contributed by atoms with Gasteiger partial charge in [-0.3, -0.25) is 0 Å². The van der Waals surface area contributed by atoms with E-state index >= 15 is 0 Å². The molecular weight excluding hydrogens is 472 g/mol. The zero-order chi connectivity index (χ0) is 23.5. The lowest BCUT2D eigenvalue weighted by Gasteiger charge is -2.28. The smallest absolute Gasteiger partial charge is 0.279 e. The fourth-order valence-electron chi connectivity index (χ4n) is 3.37. The van der Waals surface area contributed by atoms with Crippen molar-refractivity contribution in [3.05, 3.63) is 58.6 Å². The maximum atomic E-state index is 12.7. The molecule has 1 aliphatic heterocycles. The number of hydrogen-bond acceptors (Lipinski definition) is 5. The molecule has 0 radical (unpaired) electrons. The van der Waals surface area contributed by atoms with Crippen LogP contribution in [0.2, 0.25) is 5.02 Å². The number of sulfonamides is 1. The van der Waals surface area contributed by atoms with Crippen molar-refractivity contribution >= 4 is 37.5 Å². The van der Waals surface area contributed by atoms with Gasteiger partial charge < -0.3 is 4.90 Å². The summed E-state index contributed by atoms with van der Waals surface area (Å²) < 4.78 is 57.0. The Labute approximate surface area is 195 Å². The van der Waals surface area contributed by atoms with Gasteiger partial charge >= 0.3 is 0 Å². The van der Waals surface area contributed by atoms with E-state index < -0.39 is 20.2 Å². The molecule has 0 unspecified atom stereocenters. The average molecular weight is 501 g/mol. The number of nitrogens with one attached hydrogen (secondary N) is 2. The molecule has 0 saturated carbocycles. The molecule has 11 heteroatoms. The van der Waals surface area contributed by atoms with Crippen molar-refractivity contribution in [2.24, 2.45) is 5.92 Å². The van der Waals surface area contributed by atoms with E-state index in [4.69, 9.17) is 11.6 Å². The first-order valence-electron chi connectivity index (χ1n) is 10.3. The van der Waals surface area contributed by atoms with E-state index in [1.165, 1.54) is 4.31 Å². The van der Waals surface area contributed by atoms with E-state index in [1.54, 1.807) is 37.3 Å². The van der Waals surface area contributed by atoms with E-state index in [0.717, 1.165) is 16.8 Å². The molecule has 1 aliphatic rings. The predicted molar refractivity (Wildman–Crippen MR) is 128 cm³/mol. The quantitative estimate of drug-likeness (QED) is 0.550. The summed E-state index contributed by atoms with van der Waals surface area (Å²) in [5.41, 5.74) is 2.90. The van der Waals surface area contributed by atoms with Crippen molar-refractivity contribution < 1.29 is 16.8 Å². The Morgan fingerprint density at radius 2 is 1.66 bits per heavy atom. The minimum absolute atomic E-state index is 0.113. The van der Waals surface area contributed by atoms with Gasteiger partial charge in [0.2, 0.25) is 10.0 Å². The lowest BCUT2D eigenvalue weighted by molar-refractivity contribution is 0.380. The lowest BCUT2D eigenvalue weighted by Crippen LogP contribution is -2.45. The van der Waals surface area contributed by atoms with Crippen molar-refractivity contribution in [2.75, 3.05) is 38.6 Å². The van der Waals surface area contributed by atoms with Gasteiger partial charge in [-0.15, -0.1) is 0 Å². The second-order valence-corrected chi connectivity index (χ2v) is 12.2. The topological polar surface area (TPSA) is 98.8 Å². The molecule has 0 amide bonds. The van der Waals surface area contributed by atoms with Gasteiger partial charge in [-0.2, -0.15) is 12.7 Å². The van der Waals surface area contributed by atoms with Crippen LogP contribution < -0.4 is 14.3 Å². The minimum atomic E-state index is -3.68. The highest BCUT2D eigenvalue weighted by Crippen LogP contribution is 2.24. The summed E-state index contributed by atoms with van der Waals surface area (Å²) in [4.78, 5) is 2.05. The molecule has 2 N–H and O–H groups in total. The summed E-state index contributed by atoms with van der Waals surface area (Å²) in [6.45, 7) is 2.67. The number of halogens is 1. The third-order valence-electron chi connectivity index (χ3n) is 5.38. The van der Waals surface area contributed by atoms with Gasteiger partial charge in [0.05, 0.1) is 4.90 Å². The molecule has 2 aromatic rings. The Hall–Kier alpha value is -1.69. The van der Waals surface area contributed by atoms with E-state index in [-0.39, 0.29) is 30.4 Å². The third-order valence-corrected chi connectivity index (χ3v) is 8.58. The van der Waals surface area contributed by atoms with Gasteiger partial charge in [0, 0.05) is 51.0 Å². The third kappa shape index (κ3) is 6.21. The molecule has 0 aromatic heterocycles. The summed E-state index contributed by atoms with van der Waals surface area (Å²) in [5, 5.41) is 0.642. The van der Waals surface area contributed by atoms with Crippen LogP contribution in [0.15, 0.2) is 47.4 Å². The van der Waals surface area contributed by atoms with E-state index in [9.17, 15) is 16.8 Å². The summed E-state index contributed by atoms with van der Waals surface area (Å²) in [6.07, 6.45) is 0.596. The van der Waals surface area contributed by atoms with E-state index in [0.29, 0.717) is 18.0 Å². The summed E-state index contributed by atoms with van der Waals surface area (Å²) in [5.74, 6) is -0.239. The second-order valence-electron chi connectivity index (χ2n) is 8.20. The minimum Gasteiger partial charge on any atom is -0.378 e. The zero-order valence-electron chi connectivity index (χ0n) is 18.4. The standard InChI is InChI=1S/C21H29ClN4O4S2/c1-16(13-23-31(27,28)21-8-6-20(7-9-21)25(2)3)14-24-32(29,30)26-11-10-17-12-19(22)5-4-18(17)15-26/h4-9,12,16,23-24H,10-11,13-15H2,1-3H3/t16-/m1/s1. The predicted octanol–water partition coefficient (Wildman–Crippen LogP) is 2.21. The lowest BCUT2D eigenvalue weighted by atomic mass is 10.0.